The topological polar surface area (TPSA) is 78.5 Å². The van der Waals surface area contributed by atoms with Crippen molar-refractivity contribution in [2.24, 2.45) is 11.8 Å². The van der Waals surface area contributed by atoms with Crippen LogP contribution in [0, 0.1) is 18.8 Å². The van der Waals surface area contributed by atoms with Gasteiger partial charge in [0.2, 0.25) is 17.7 Å². The van der Waals surface area contributed by atoms with Crippen molar-refractivity contribution in [3.05, 3.63) is 23.8 Å². The Morgan fingerprint density at radius 2 is 2.00 bits per heavy atom. The minimum absolute atomic E-state index is 0.0446. The van der Waals surface area contributed by atoms with Crippen molar-refractivity contribution in [2.45, 2.75) is 40.5 Å². The van der Waals surface area contributed by atoms with Crippen LogP contribution in [0.5, 0.6) is 0 Å². The molecule has 2 N–H and O–H groups in total. The highest BCUT2D eigenvalue weighted by Crippen LogP contribution is 2.24. The fourth-order valence-corrected chi connectivity index (χ4v) is 2.93. The SMILES string of the molecule is CCC(=O)Nc1ccc(NC(=O)C2CC(=O)N(CC(C)C)C2)c(C)c1. The van der Waals surface area contributed by atoms with Gasteiger partial charge in [0.15, 0.2) is 0 Å². The molecule has 1 aliphatic rings. The monoisotopic (exact) mass is 345 g/mol. The predicted molar refractivity (Wildman–Crippen MR) is 98.3 cm³/mol. The number of anilines is 2. The normalized spacial score (nSPS) is 17.1. The van der Waals surface area contributed by atoms with Gasteiger partial charge in [-0.15, -0.1) is 0 Å². The van der Waals surface area contributed by atoms with Crippen LogP contribution >= 0.6 is 0 Å². The Bertz CT molecular complexity index is 670. The summed E-state index contributed by atoms with van der Waals surface area (Å²) in [6.07, 6.45) is 0.683. The highest BCUT2D eigenvalue weighted by atomic mass is 16.2. The summed E-state index contributed by atoms with van der Waals surface area (Å²) in [5.74, 6) is -0.0638. The fourth-order valence-electron chi connectivity index (χ4n) is 2.93. The van der Waals surface area contributed by atoms with Crippen molar-refractivity contribution in [1.82, 2.24) is 4.90 Å². The van der Waals surface area contributed by atoms with E-state index in [1.54, 1.807) is 24.0 Å². The van der Waals surface area contributed by atoms with E-state index in [0.29, 0.717) is 36.8 Å². The van der Waals surface area contributed by atoms with Gasteiger partial charge in [-0.1, -0.05) is 20.8 Å². The first-order valence-corrected chi connectivity index (χ1v) is 8.79. The summed E-state index contributed by atoms with van der Waals surface area (Å²) in [6, 6.07) is 5.37. The second kappa shape index (κ2) is 8.14. The standard InChI is InChI=1S/C19H27N3O3/c1-5-17(23)20-15-6-7-16(13(4)8-15)21-19(25)14-9-18(24)22(11-14)10-12(2)3/h6-8,12,14H,5,9-11H2,1-4H3,(H,20,23)(H,21,25). The number of hydrogen-bond donors (Lipinski definition) is 2. The molecule has 0 aliphatic carbocycles. The van der Waals surface area contributed by atoms with E-state index in [2.05, 4.69) is 24.5 Å². The Labute approximate surface area is 149 Å². The van der Waals surface area contributed by atoms with E-state index in [4.69, 9.17) is 0 Å². The van der Waals surface area contributed by atoms with E-state index >= 15 is 0 Å². The van der Waals surface area contributed by atoms with Gasteiger partial charge < -0.3 is 15.5 Å². The molecule has 0 radical (unpaired) electrons. The van der Waals surface area contributed by atoms with Gasteiger partial charge in [-0.05, 0) is 36.6 Å². The second-order valence-electron chi connectivity index (χ2n) is 7.01. The van der Waals surface area contributed by atoms with E-state index in [9.17, 15) is 14.4 Å². The minimum Gasteiger partial charge on any atom is -0.342 e. The third-order valence-electron chi connectivity index (χ3n) is 4.26. The van der Waals surface area contributed by atoms with Crippen LogP contribution in [0.2, 0.25) is 0 Å². The third kappa shape index (κ3) is 5.05. The molecule has 1 fully saturated rings. The number of nitrogens with one attached hydrogen (secondary N) is 2. The minimum atomic E-state index is -0.315. The van der Waals surface area contributed by atoms with Crippen molar-refractivity contribution in [1.29, 1.82) is 0 Å². The molecule has 6 nitrogen and oxygen atoms in total. The molecule has 0 saturated carbocycles. The van der Waals surface area contributed by atoms with Crippen molar-refractivity contribution in [3.8, 4) is 0 Å². The van der Waals surface area contributed by atoms with Gasteiger partial charge in [-0.2, -0.15) is 0 Å². The first-order valence-electron chi connectivity index (χ1n) is 8.79. The number of nitrogens with zero attached hydrogens (tertiary/aromatic N) is 1. The summed E-state index contributed by atoms with van der Waals surface area (Å²) in [7, 11) is 0. The zero-order chi connectivity index (χ0) is 18.6. The molecule has 1 heterocycles. The van der Waals surface area contributed by atoms with Gasteiger partial charge in [-0.25, -0.2) is 0 Å². The number of rotatable bonds is 6. The van der Waals surface area contributed by atoms with Crippen LogP contribution in [-0.4, -0.2) is 35.7 Å². The predicted octanol–water partition coefficient (Wildman–Crippen LogP) is 2.79. The molecular weight excluding hydrogens is 318 g/mol. The zero-order valence-electron chi connectivity index (χ0n) is 15.4. The number of benzene rings is 1. The lowest BCUT2D eigenvalue weighted by molar-refractivity contribution is -0.128. The molecule has 136 valence electrons. The molecule has 1 aromatic carbocycles. The van der Waals surface area contributed by atoms with Gasteiger partial charge >= 0.3 is 0 Å². The third-order valence-corrected chi connectivity index (χ3v) is 4.26. The highest BCUT2D eigenvalue weighted by Gasteiger charge is 2.34. The first-order chi connectivity index (χ1) is 11.8. The lowest BCUT2D eigenvalue weighted by atomic mass is 10.1. The Hall–Kier alpha value is -2.37. The van der Waals surface area contributed by atoms with Gasteiger partial charge in [-0.3, -0.25) is 14.4 Å². The summed E-state index contributed by atoms with van der Waals surface area (Å²) >= 11 is 0. The fraction of sp³-hybridized carbons (Fsp3) is 0.526. The number of likely N-dealkylation sites (tertiary alicyclic amines) is 1. The van der Waals surface area contributed by atoms with Gasteiger partial charge in [0.1, 0.15) is 0 Å². The molecule has 6 heteroatoms. The lowest BCUT2D eigenvalue weighted by Gasteiger charge is -2.19. The first kappa shape index (κ1) is 19.0. The average Bonchev–Trinajstić information content (AvgIpc) is 2.90. The van der Waals surface area contributed by atoms with E-state index in [1.165, 1.54) is 0 Å². The Kier molecular flexibility index (Phi) is 6.17. The van der Waals surface area contributed by atoms with Gasteiger partial charge in [0.25, 0.3) is 0 Å². The van der Waals surface area contributed by atoms with Gasteiger partial charge in [0.05, 0.1) is 5.92 Å². The van der Waals surface area contributed by atoms with Crippen LogP contribution < -0.4 is 10.6 Å². The van der Waals surface area contributed by atoms with Crippen LogP contribution in [0.4, 0.5) is 11.4 Å². The summed E-state index contributed by atoms with van der Waals surface area (Å²) in [6.45, 7) is 8.95. The number of amides is 3. The number of hydrogen-bond acceptors (Lipinski definition) is 3. The maximum absolute atomic E-state index is 12.5. The molecule has 0 aromatic heterocycles. The molecule has 2 rings (SSSR count). The molecule has 25 heavy (non-hydrogen) atoms. The Balaban J connectivity index is 1.99. The largest absolute Gasteiger partial charge is 0.342 e. The molecule has 1 saturated heterocycles. The molecule has 1 unspecified atom stereocenters. The van der Waals surface area contributed by atoms with Crippen LogP contribution in [0.3, 0.4) is 0 Å². The quantitative estimate of drug-likeness (QED) is 0.832. The summed E-state index contributed by atoms with van der Waals surface area (Å²) in [5.41, 5.74) is 2.28. The Morgan fingerprint density at radius 1 is 1.28 bits per heavy atom. The number of carbonyl (C=O) groups is 3. The van der Waals surface area contributed by atoms with Crippen molar-refractivity contribution in [3.63, 3.8) is 0 Å². The average molecular weight is 345 g/mol. The molecule has 3 amide bonds. The lowest BCUT2D eigenvalue weighted by Crippen LogP contribution is -2.31. The van der Waals surface area contributed by atoms with E-state index in [0.717, 1.165) is 5.56 Å². The van der Waals surface area contributed by atoms with Crippen molar-refractivity contribution >= 4 is 29.1 Å². The van der Waals surface area contributed by atoms with E-state index in [-0.39, 0.29) is 30.1 Å². The molecule has 0 spiro atoms. The summed E-state index contributed by atoms with van der Waals surface area (Å²) < 4.78 is 0. The van der Waals surface area contributed by atoms with Crippen LogP contribution in [0.15, 0.2) is 18.2 Å². The number of aryl methyl sites for hydroxylation is 1. The van der Waals surface area contributed by atoms with E-state index < -0.39 is 0 Å². The molecule has 1 atom stereocenters. The Morgan fingerprint density at radius 3 is 2.60 bits per heavy atom. The van der Waals surface area contributed by atoms with Crippen LogP contribution in [0.1, 0.15) is 39.2 Å². The van der Waals surface area contributed by atoms with Gasteiger partial charge in [0, 0.05) is 37.3 Å². The molecule has 1 aliphatic heterocycles. The molecule has 0 bridgehead atoms. The van der Waals surface area contributed by atoms with Crippen LogP contribution in [-0.2, 0) is 14.4 Å². The van der Waals surface area contributed by atoms with Crippen molar-refractivity contribution in [2.75, 3.05) is 23.7 Å². The second-order valence-corrected chi connectivity index (χ2v) is 7.01. The summed E-state index contributed by atoms with van der Waals surface area (Å²) in [5, 5.41) is 5.71. The maximum Gasteiger partial charge on any atom is 0.229 e. The van der Waals surface area contributed by atoms with Crippen LogP contribution in [0.25, 0.3) is 0 Å². The highest BCUT2D eigenvalue weighted by molar-refractivity contribution is 5.98. The molecular formula is C19H27N3O3. The number of carbonyl (C=O) groups excluding carboxylic acids is 3. The summed E-state index contributed by atoms with van der Waals surface area (Å²) in [4.78, 5) is 37.7. The van der Waals surface area contributed by atoms with Crippen molar-refractivity contribution < 1.29 is 14.4 Å². The molecule has 1 aromatic rings. The smallest absolute Gasteiger partial charge is 0.229 e. The zero-order valence-corrected chi connectivity index (χ0v) is 15.4. The maximum atomic E-state index is 12.5. The van der Waals surface area contributed by atoms with E-state index in [1.807, 2.05) is 13.0 Å².